The van der Waals surface area contributed by atoms with E-state index < -0.39 is 5.56 Å². The molecule has 0 aliphatic heterocycles. The molecule has 0 fully saturated rings. The number of hydrogen-bond donors (Lipinski definition) is 2. The van der Waals surface area contributed by atoms with Crippen LogP contribution in [0.2, 0.25) is 0 Å². The largest absolute Gasteiger partial charge is 0.492 e. The maximum absolute atomic E-state index is 12.0. The first-order valence-electron chi connectivity index (χ1n) is 6.88. The first-order valence-corrected chi connectivity index (χ1v) is 7.87. The zero-order chi connectivity index (χ0) is 16.8. The molecule has 2 rings (SSSR count). The standard InChI is InChI=1S/C14H17N5O3S/c1-3-22-11-7-5-4-6-10(11)16-12(20)8-23-14-18-17-9(2)13(21)19(14)15/h4-7H,3,8,15H2,1-2H3,(H,16,20). The van der Waals surface area contributed by atoms with E-state index in [9.17, 15) is 9.59 Å². The van der Waals surface area contributed by atoms with Crippen molar-refractivity contribution >= 4 is 23.4 Å². The lowest BCUT2D eigenvalue weighted by atomic mass is 10.3. The van der Waals surface area contributed by atoms with Crippen LogP contribution in [0.15, 0.2) is 34.2 Å². The summed E-state index contributed by atoms with van der Waals surface area (Å²) in [6.45, 7) is 3.88. The van der Waals surface area contributed by atoms with Gasteiger partial charge in [0.1, 0.15) is 11.4 Å². The number of thioether (sulfide) groups is 1. The van der Waals surface area contributed by atoms with E-state index in [2.05, 4.69) is 15.5 Å². The highest BCUT2D eigenvalue weighted by Gasteiger charge is 2.12. The van der Waals surface area contributed by atoms with Crippen LogP contribution in [0.25, 0.3) is 0 Å². The molecule has 1 aromatic heterocycles. The minimum absolute atomic E-state index is 0.0365. The van der Waals surface area contributed by atoms with Crippen molar-refractivity contribution in [3.05, 3.63) is 40.3 Å². The number of benzene rings is 1. The van der Waals surface area contributed by atoms with Crippen LogP contribution in [-0.2, 0) is 4.79 Å². The van der Waals surface area contributed by atoms with Gasteiger partial charge in [-0.2, -0.15) is 4.68 Å². The lowest BCUT2D eigenvalue weighted by Gasteiger charge is -2.11. The van der Waals surface area contributed by atoms with E-state index in [1.807, 2.05) is 13.0 Å². The number of rotatable bonds is 6. The minimum Gasteiger partial charge on any atom is -0.492 e. The second-order valence-corrected chi connectivity index (χ2v) is 5.45. The summed E-state index contributed by atoms with van der Waals surface area (Å²) in [5.74, 6) is 5.98. The van der Waals surface area contributed by atoms with Crippen molar-refractivity contribution in [1.29, 1.82) is 0 Å². The summed E-state index contributed by atoms with van der Waals surface area (Å²) in [5.41, 5.74) is 0.344. The van der Waals surface area contributed by atoms with Crippen molar-refractivity contribution < 1.29 is 9.53 Å². The summed E-state index contributed by atoms with van der Waals surface area (Å²) < 4.78 is 6.32. The molecule has 0 unspecified atom stereocenters. The van der Waals surface area contributed by atoms with Gasteiger partial charge in [0.15, 0.2) is 0 Å². The summed E-state index contributed by atoms with van der Waals surface area (Å²) >= 11 is 1.03. The number of aromatic nitrogens is 3. The second-order valence-electron chi connectivity index (χ2n) is 4.51. The number of nitrogens with zero attached hydrogens (tertiary/aromatic N) is 3. The molecule has 0 radical (unpaired) electrons. The molecule has 0 aliphatic rings. The summed E-state index contributed by atoms with van der Waals surface area (Å²) in [4.78, 5) is 23.7. The molecule has 0 aliphatic carbocycles. The van der Waals surface area contributed by atoms with Crippen molar-refractivity contribution in [3.63, 3.8) is 0 Å². The molecular formula is C14H17N5O3S. The Morgan fingerprint density at radius 2 is 2.13 bits per heavy atom. The average molecular weight is 335 g/mol. The third-order valence-corrected chi connectivity index (χ3v) is 3.76. The SMILES string of the molecule is CCOc1ccccc1NC(=O)CSc1nnc(C)c(=O)n1N. The number of carbonyl (C=O) groups excluding carboxylic acids is 1. The molecule has 0 saturated heterocycles. The van der Waals surface area contributed by atoms with E-state index in [1.54, 1.807) is 18.2 Å². The van der Waals surface area contributed by atoms with E-state index in [4.69, 9.17) is 10.6 Å². The number of para-hydroxylation sites is 2. The van der Waals surface area contributed by atoms with Gasteiger partial charge in [-0.3, -0.25) is 9.59 Å². The predicted octanol–water partition coefficient (Wildman–Crippen LogP) is 0.790. The number of hydrogen-bond acceptors (Lipinski definition) is 7. The molecule has 2 aromatic rings. The number of amides is 1. The molecule has 0 atom stereocenters. The Morgan fingerprint density at radius 3 is 2.87 bits per heavy atom. The van der Waals surface area contributed by atoms with Crippen LogP contribution in [-0.4, -0.2) is 33.1 Å². The first kappa shape index (κ1) is 16.8. The topological polar surface area (TPSA) is 112 Å². The van der Waals surface area contributed by atoms with Gasteiger partial charge in [-0.05, 0) is 26.0 Å². The number of nitrogens with two attached hydrogens (primary N) is 1. The van der Waals surface area contributed by atoms with Crippen molar-refractivity contribution in [2.24, 2.45) is 0 Å². The van der Waals surface area contributed by atoms with E-state index in [0.717, 1.165) is 16.4 Å². The Balaban J connectivity index is 2.01. The smallest absolute Gasteiger partial charge is 0.294 e. The summed E-state index contributed by atoms with van der Waals surface area (Å²) in [6, 6.07) is 7.14. The van der Waals surface area contributed by atoms with E-state index in [0.29, 0.717) is 18.0 Å². The van der Waals surface area contributed by atoms with Gasteiger partial charge in [-0.25, -0.2) is 0 Å². The summed E-state index contributed by atoms with van der Waals surface area (Å²) in [6.07, 6.45) is 0. The molecule has 122 valence electrons. The van der Waals surface area contributed by atoms with Crippen LogP contribution in [0, 0.1) is 6.92 Å². The fraction of sp³-hybridized carbons (Fsp3) is 0.286. The molecule has 9 heteroatoms. The van der Waals surface area contributed by atoms with Crippen molar-refractivity contribution in [3.8, 4) is 5.75 Å². The summed E-state index contributed by atoms with van der Waals surface area (Å²) in [7, 11) is 0. The van der Waals surface area contributed by atoms with Crippen LogP contribution in [0.1, 0.15) is 12.6 Å². The number of nitrogen functional groups attached to an aromatic ring is 1. The molecule has 1 amide bonds. The van der Waals surface area contributed by atoms with Gasteiger partial charge < -0.3 is 15.9 Å². The Kier molecular flexibility index (Phi) is 5.58. The molecule has 0 bridgehead atoms. The highest BCUT2D eigenvalue weighted by atomic mass is 32.2. The quantitative estimate of drug-likeness (QED) is 0.593. The van der Waals surface area contributed by atoms with Crippen LogP contribution in [0.3, 0.4) is 0 Å². The molecule has 23 heavy (non-hydrogen) atoms. The molecule has 1 heterocycles. The van der Waals surface area contributed by atoms with Gasteiger partial charge in [-0.15, -0.1) is 10.2 Å². The Labute approximate surface area is 137 Å². The van der Waals surface area contributed by atoms with Crippen molar-refractivity contribution in [2.75, 3.05) is 23.5 Å². The lowest BCUT2D eigenvalue weighted by molar-refractivity contribution is -0.113. The van der Waals surface area contributed by atoms with Crippen LogP contribution < -0.4 is 21.5 Å². The van der Waals surface area contributed by atoms with Gasteiger partial charge in [0, 0.05) is 0 Å². The van der Waals surface area contributed by atoms with E-state index in [1.165, 1.54) is 6.92 Å². The second kappa shape index (κ2) is 7.63. The van der Waals surface area contributed by atoms with Gasteiger partial charge in [0.05, 0.1) is 18.0 Å². The third kappa shape index (κ3) is 4.22. The van der Waals surface area contributed by atoms with Crippen LogP contribution in [0.5, 0.6) is 5.75 Å². The normalized spacial score (nSPS) is 10.3. The molecule has 8 nitrogen and oxygen atoms in total. The number of anilines is 1. The molecule has 0 spiro atoms. The van der Waals surface area contributed by atoms with Crippen LogP contribution >= 0.6 is 11.8 Å². The molecule has 0 saturated carbocycles. The maximum Gasteiger partial charge on any atom is 0.294 e. The van der Waals surface area contributed by atoms with Crippen molar-refractivity contribution in [1.82, 2.24) is 14.9 Å². The van der Waals surface area contributed by atoms with Crippen molar-refractivity contribution in [2.45, 2.75) is 19.0 Å². The third-order valence-electron chi connectivity index (χ3n) is 2.81. The molecular weight excluding hydrogens is 318 g/mol. The number of ether oxygens (including phenoxy) is 1. The first-order chi connectivity index (χ1) is 11.0. The van der Waals surface area contributed by atoms with Gasteiger partial charge in [0.2, 0.25) is 11.1 Å². The molecule has 1 aromatic carbocycles. The number of nitrogens with one attached hydrogen (secondary N) is 1. The molecule has 3 N–H and O–H groups in total. The fourth-order valence-electron chi connectivity index (χ4n) is 1.74. The monoisotopic (exact) mass is 335 g/mol. The van der Waals surface area contributed by atoms with Gasteiger partial charge in [0.25, 0.3) is 5.56 Å². The van der Waals surface area contributed by atoms with Gasteiger partial charge >= 0.3 is 0 Å². The van der Waals surface area contributed by atoms with Gasteiger partial charge in [-0.1, -0.05) is 23.9 Å². The predicted molar refractivity (Wildman–Crippen MR) is 88.1 cm³/mol. The summed E-state index contributed by atoms with van der Waals surface area (Å²) in [5, 5.41) is 10.4. The lowest BCUT2D eigenvalue weighted by Crippen LogP contribution is -2.32. The zero-order valence-electron chi connectivity index (χ0n) is 12.8. The highest BCUT2D eigenvalue weighted by molar-refractivity contribution is 7.99. The van der Waals surface area contributed by atoms with Crippen LogP contribution in [0.4, 0.5) is 5.69 Å². The minimum atomic E-state index is -0.440. The Bertz CT molecular complexity index is 762. The zero-order valence-corrected chi connectivity index (χ0v) is 13.6. The number of carbonyl (C=O) groups is 1. The fourth-order valence-corrected chi connectivity index (χ4v) is 2.39. The van der Waals surface area contributed by atoms with E-state index in [-0.39, 0.29) is 22.5 Å². The average Bonchev–Trinajstić information content (AvgIpc) is 2.54. The van der Waals surface area contributed by atoms with E-state index >= 15 is 0 Å². The number of aryl methyl sites for hydroxylation is 1. The Hall–Kier alpha value is -2.55. The highest BCUT2D eigenvalue weighted by Crippen LogP contribution is 2.24. The Morgan fingerprint density at radius 1 is 1.39 bits per heavy atom. The maximum atomic E-state index is 12.0.